The maximum atomic E-state index is 14.7. The summed E-state index contributed by atoms with van der Waals surface area (Å²) in [6.07, 6.45) is 3.63. The first-order chi connectivity index (χ1) is 23.9. The van der Waals surface area contributed by atoms with Crippen LogP contribution in [0.2, 0.25) is 0 Å². The van der Waals surface area contributed by atoms with Crippen molar-refractivity contribution < 1.29 is 9.18 Å². The SMILES string of the molecule is Cc1cc(-c2ccc([C@H](C)c3ccc(F)cc3)c(C(c3ccccc3)(c3ccccc3)N3C(=O)NCc4cc5cn[nH]c5cc43)c2)ccn1. The zero-order valence-corrected chi connectivity index (χ0v) is 27.2. The van der Waals surface area contributed by atoms with Crippen LogP contribution in [0.3, 0.4) is 0 Å². The van der Waals surface area contributed by atoms with Gasteiger partial charge in [0.25, 0.3) is 0 Å². The van der Waals surface area contributed by atoms with E-state index in [-0.39, 0.29) is 17.8 Å². The van der Waals surface area contributed by atoms with E-state index in [0.717, 1.165) is 66.8 Å². The molecule has 5 aromatic carbocycles. The third kappa shape index (κ3) is 5.15. The van der Waals surface area contributed by atoms with E-state index in [0.29, 0.717) is 6.54 Å². The largest absolute Gasteiger partial charge is 0.333 e. The molecule has 2 aromatic heterocycles. The molecule has 1 atom stereocenters. The van der Waals surface area contributed by atoms with Gasteiger partial charge < -0.3 is 5.32 Å². The Kier molecular flexibility index (Phi) is 7.52. The number of anilines is 1. The zero-order valence-electron chi connectivity index (χ0n) is 27.2. The highest BCUT2D eigenvalue weighted by atomic mass is 19.1. The highest BCUT2D eigenvalue weighted by Gasteiger charge is 2.49. The summed E-state index contributed by atoms with van der Waals surface area (Å²) in [5.41, 5.74) is 9.14. The Balaban J connectivity index is 1.52. The second-order valence-corrected chi connectivity index (χ2v) is 12.6. The molecule has 0 radical (unpaired) electrons. The van der Waals surface area contributed by atoms with Crippen molar-refractivity contribution in [3.63, 3.8) is 0 Å². The van der Waals surface area contributed by atoms with Gasteiger partial charge in [-0.05, 0) is 93.9 Å². The minimum absolute atomic E-state index is 0.155. The van der Waals surface area contributed by atoms with E-state index < -0.39 is 5.54 Å². The first-order valence-corrected chi connectivity index (χ1v) is 16.4. The van der Waals surface area contributed by atoms with Gasteiger partial charge in [0.15, 0.2) is 0 Å². The van der Waals surface area contributed by atoms with Gasteiger partial charge in [0.1, 0.15) is 11.4 Å². The predicted molar refractivity (Wildman–Crippen MR) is 192 cm³/mol. The van der Waals surface area contributed by atoms with E-state index in [1.807, 2.05) is 78.7 Å². The summed E-state index contributed by atoms with van der Waals surface area (Å²) >= 11 is 0. The lowest BCUT2D eigenvalue weighted by Crippen LogP contribution is -2.57. The fourth-order valence-corrected chi connectivity index (χ4v) is 7.37. The van der Waals surface area contributed by atoms with Gasteiger partial charge in [-0.1, -0.05) is 91.9 Å². The van der Waals surface area contributed by atoms with Gasteiger partial charge in [0.2, 0.25) is 0 Å². The summed E-state index contributed by atoms with van der Waals surface area (Å²) in [6, 6.07) is 41.7. The number of nitrogens with zero attached hydrogens (tertiary/aromatic N) is 3. The molecule has 49 heavy (non-hydrogen) atoms. The number of aromatic amines is 1. The molecule has 0 saturated heterocycles. The summed E-state index contributed by atoms with van der Waals surface area (Å²) in [5, 5.41) is 11.6. The van der Waals surface area contributed by atoms with E-state index in [2.05, 4.69) is 82.0 Å². The topological polar surface area (TPSA) is 73.9 Å². The quantitative estimate of drug-likeness (QED) is 0.170. The third-order valence-electron chi connectivity index (χ3n) is 9.74. The second-order valence-electron chi connectivity index (χ2n) is 12.6. The number of nitrogens with one attached hydrogen (secondary N) is 2. The minimum Gasteiger partial charge on any atom is -0.333 e. The molecule has 2 N–H and O–H groups in total. The number of fused-ring (bicyclic) bond motifs is 2. The number of carbonyl (C=O) groups is 1. The van der Waals surface area contributed by atoms with E-state index in [9.17, 15) is 9.18 Å². The van der Waals surface area contributed by atoms with Crippen LogP contribution in [0.15, 0.2) is 140 Å². The number of aryl methyl sites for hydroxylation is 1. The average molecular weight is 644 g/mol. The molecule has 7 aromatic rings. The summed E-state index contributed by atoms with van der Waals surface area (Å²) in [6.45, 7) is 4.51. The molecule has 0 bridgehead atoms. The zero-order chi connectivity index (χ0) is 33.5. The Hall–Kier alpha value is -6.08. The molecule has 8 rings (SSSR count). The molecule has 0 saturated carbocycles. The van der Waals surface area contributed by atoms with Crippen molar-refractivity contribution in [1.29, 1.82) is 0 Å². The number of rotatable bonds is 7. The number of carbonyl (C=O) groups excluding carboxylic acids is 1. The lowest BCUT2D eigenvalue weighted by atomic mass is 9.70. The van der Waals surface area contributed by atoms with Crippen molar-refractivity contribution >= 4 is 22.6 Å². The van der Waals surface area contributed by atoms with Gasteiger partial charge in [-0.3, -0.25) is 15.0 Å². The maximum Gasteiger partial charge on any atom is 0.323 e. The van der Waals surface area contributed by atoms with Gasteiger partial charge in [-0.2, -0.15) is 5.10 Å². The molecule has 0 fully saturated rings. The number of urea groups is 1. The molecule has 1 aliphatic rings. The van der Waals surface area contributed by atoms with Crippen molar-refractivity contribution in [2.75, 3.05) is 4.90 Å². The molecule has 0 spiro atoms. The molecule has 240 valence electrons. The lowest BCUT2D eigenvalue weighted by molar-refractivity contribution is 0.240. The number of pyridine rings is 1. The predicted octanol–water partition coefficient (Wildman–Crippen LogP) is 9.25. The van der Waals surface area contributed by atoms with Crippen LogP contribution in [0.4, 0.5) is 14.9 Å². The molecular weight excluding hydrogens is 609 g/mol. The molecule has 0 unspecified atom stereocenters. The number of hydrogen-bond donors (Lipinski definition) is 2. The molecular formula is C42H34FN5O. The first kappa shape index (κ1) is 30.3. The summed E-state index contributed by atoms with van der Waals surface area (Å²) in [4.78, 5) is 21.1. The smallest absolute Gasteiger partial charge is 0.323 e. The summed E-state index contributed by atoms with van der Waals surface area (Å²) < 4.78 is 14.2. The van der Waals surface area contributed by atoms with Crippen molar-refractivity contribution in [2.45, 2.75) is 31.8 Å². The van der Waals surface area contributed by atoms with Crippen LogP contribution in [-0.4, -0.2) is 21.2 Å². The first-order valence-electron chi connectivity index (χ1n) is 16.4. The number of halogens is 1. The van der Waals surface area contributed by atoms with Gasteiger partial charge >= 0.3 is 6.03 Å². The normalized spacial score (nSPS) is 13.6. The van der Waals surface area contributed by atoms with Gasteiger partial charge in [0.05, 0.1) is 17.4 Å². The van der Waals surface area contributed by atoms with E-state index in [4.69, 9.17) is 0 Å². The van der Waals surface area contributed by atoms with Crippen molar-refractivity contribution in [1.82, 2.24) is 20.5 Å². The highest BCUT2D eigenvalue weighted by Crippen LogP contribution is 2.50. The number of amides is 2. The molecule has 2 amide bonds. The second kappa shape index (κ2) is 12.2. The van der Waals surface area contributed by atoms with Crippen molar-refractivity contribution in [3.05, 3.63) is 185 Å². The number of hydrogen-bond acceptors (Lipinski definition) is 3. The van der Waals surface area contributed by atoms with Gasteiger partial charge in [0, 0.05) is 29.7 Å². The lowest BCUT2D eigenvalue weighted by Gasteiger charge is -2.48. The summed E-state index contributed by atoms with van der Waals surface area (Å²) in [5.74, 6) is -0.438. The van der Waals surface area contributed by atoms with Crippen molar-refractivity contribution in [3.8, 4) is 11.1 Å². The minimum atomic E-state index is -1.16. The molecule has 1 aliphatic heterocycles. The Morgan fingerprint density at radius 3 is 2.20 bits per heavy atom. The number of benzene rings is 5. The standard InChI is InChI=1S/C42H34FN5O/c1-27-21-31(19-20-44-27)30-15-18-37(28(2)29-13-16-36(43)17-14-29)38(23-30)42(34-9-5-3-6-10-34,35-11-7-4-8-12-35)48-40-24-39-32(26-46-47-39)22-33(40)25-45-41(48)49/h3-24,26,28H,25H2,1-2H3,(H,45,49)(H,46,47)/t28-/m1/s1. The molecule has 3 heterocycles. The third-order valence-corrected chi connectivity index (χ3v) is 9.74. The number of H-pyrrole nitrogens is 1. The van der Waals surface area contributed by atoms with Crippen LogP contribution in [0, 0.1) is 12.7 Å². The fourth-order valence-electron chi connectivity index (χ4n) is 7.37. The van der Waals surface area contributed by atoms with Crippen LogP contribution < -0.4 is 10.2 Å². The molecule has 6 nitrogen and oxygen atoms in total. The van der Waals surface area contributed by atoms with E-state index >= 15 is 0 Å². The Morgan fingerprint density at radius 1 is 0.816 bits per heavy atom. The van der Waals surface area contributed by atoms with Crippen LogP contribution in [-0.2, 0) is 12.1 Å². The highest BCUT2D eigenvalue weighted by molar-refractivity contribution is 6.01. The Morgan fingerprint density at radius 2 is 1.51 bits per heavy atom. The van der Waals surface area contributed by atoms with Gasteiger partial charge in [-0.15, -0.1) is 0 Å². The Bertz CT molecular complexity index is 2260. The van der Waals surface area contributed by atoms with Crippen LogP contribution in [0.1, 0.15) is 51.9 Å². The maximum absolute atomic E-state index is 14.7. The van der Waals surface area contributed by atoms with Crippen LogP contribution in [0.5, 0.6) is 0 Å². The fraction of sp³-hybridized carbons (Fsp3) is 0.119. The number of aromatic nitrogens is 3. The van der Waals surface area contributed by atoms with Gasteiger partial charge in [-0.25, -0.2) is 9.18 Å². The van der Waals surface area contributed by atoms with E-state index in [1.165, 1.54) is 12.1 Å². The monoisotopic (exact) mass is 643 g/mol. The van der Waals surface area contributed by atoms with Crippen LogP contribution >= 0.6 is 0 Å². The van der Waals surface area contributed by atoms with Crippen molar-refractivity contribution in [2.24, 2.45) is 0 Å². The van der Waals surface area contributed by atoms with E-state index in [1.54, 1.807) is 6.20 Å². The summed E-state index contributed by atoms with van der Waals surface area (Å²) in [7, 11) is 0. The Labute approximate surface area is 284 Å². The van der Waals surface area contributed by atoms with Crippen LogP contribution in [0.25, 0.3) is 22.0 Å². The average Bonchev–Trinajstić information content (AvgIpc) is 3.60. The molecule has 0 aliphatic carbocycles. The molecule has 7 heteroatoms.